The predicted molar refractivity (Wildman–Crippen MR) is 89.7 cm³/mol. The molecule has 9 heteroatoms. The Kier molecular flexibility index (Phi) is 5.64. The van der Waals surface area contributed by atoms with Gasteiger partial charge >= 0.3 is 5.69 Å². The zero-order valence-electron chi connectivity index (χ0n) is 13.7. The molecule has 0 radical (unpaired) electrons. The lowest BCUT2D eigenvalue weighted by Gasteiger charge is -2.14. The summed E-state index contributed by atoms with van der Waals surface area (Å²) in [6, 6.07) is 1.92. The maximum Gasteiger partial charge on any atom is 0.343 e. The molecule has 1 atom stereocenters. The number of nitrogens with one attached hydrogen (secondary N) is 2. The molecule has 0 spiro atoms. The summed E-state index contributed by atoms with van der Waals surface area (Å²) in [5, 5.41) is 13.6. The summed E-state index contributed by atoms with van der Waals surface area (Å²) >= 11 is 1.25. The number of hydrogen-bond acceptors (Lipinski definition) is 5. The number of thioether (sulfide) groups is 1. The number of H-pyrrole nitrogens is 1. The van der Waals surface area contributed by atoms with Gasteiger partial charge in [0.2, 0.25) is 5.91 Å². The molecule has 0 saturated heterocycles. The normalized spacial score (nSPS) is 12.6. The van der Waals surface area contributed by atoms with Gasteiger partial charge in [-0.3, -0.25) is 9.36 Å². The quantitative estimate of drug-likeness (QED) is 0.751. The lowest BCUT2D eigenvalue weighted by molar-refractivity contribution is -0.115. The van der Waals surface area contributed by atoms with Crippen LogP contribution in [-0.4, -0.2) is 35.7 Å². The minimum atomic E-state index is -0.392. The molecular formula is C14H22N6O2S. The van der Waals surface area contributed by atoms with E-state index in [2.05, 4.69) is 20.6 Å². The Labute approximate surface area is 138 Å². The number of nitrogens with zero attached hydrogens (tertiary/aromatic N) is 4. The number of aromatic amines is 1. The molecule has 2 aromatic rings. The molecular weight excluding hydrogens is 316 g/mol. The van der Waals surface area contributed by atoms with Gasteiger partial charge in [-0.25, -0.2) is 14.6 Å². The summed E-state index contributed by atoms with van der Waals surface area (Å²) in [6.45, 7) is 8.33. The Bertz CT molecular complexity index is 717. The smallest absolute Gasteiger partial charge is 0.310 e. The van der Waals surface area contributed by atoms with Crippen molar-refractivity contribution in [1.82, 2.24) is 24.5 Å². The van der Waals surface area contributed by atoms with E-state index in [0.29, 0.717) is 17.5 Å². The highest BCUT2D eigenvalue weighted by Gasteiger charge is 2.20. The largest absolute Gasteiger partial charge is 0.343 e. The molecule has 0 unspecified atom stereocenters. The molecule has 2 heterocycles. The van der Waals surface area contributed by atoms with Crippen LogP contribution in [0.5, 0.6) is 0 Å². The monoisotopic (exact) mass is 338 g/mol. The van der Waals surface area contributed by atoms with E-state index in [0.717, 1.165) is 6.42 Å². The van der Waals surface area contributed by atoms with Gasteiger partial charge in [-0.15, -0.1) is 5.10 Å². The van der Waals surface area contributed by atoms with Crippen molar-refractivity contribution in [3.8, 4) is 0 Å². The van der Waals surface area contributed by atoms with Crippen LogP contribution in [0.1, 0.15) is 40.2 Å². The first kappa shape index (κ1) is 17.3. The Morgan fingerprint density at radius 3 is 2.83 bits per heavy atom. The molecule has 126 valence electrons. The minimum Gasteiger partial charge on any atom is -0.310 e. The van der Waals surface area contributed by atoms with E-state index in [9.17, 15) is 9.59 Å². The Balaban J connectivity index is 2.06. The lowest BCUT2D eigenvalue weighted by atomic mass is 10.4. The van der Waals surface area contributed by atoms with Crippen LogP contribution in [0.3, 0.4) is 0 Å². The van der Waals surface area contributed by atoms with Gasteiger partial charge in [0.05, 0.1) is 11.4 Å². The van der Waals surface area contributed by atoms with Gasteiger partial charge in [0.25, 0.3) is 0 Å². The van der Waals surface area contributed by atoms with Gasteiger partial charge in [0, 0.05) is 18.7 Å². The fourth-order valence-corrected chi connectivity index (χ4v) is 2.96. The second kappa shape index (κ2) is 7.49. The summed E-state index contributed by atoms with van der Waals surface area (Å²) in [4.78, 5) is 24.0. The van der Waals surface area contributed by atoms with Gasteiger partial charge in [-0.2, -0.15) is 5.10 Å². The molecule has 0 saturated carbocycles. The van der Waals surface area contributed by atoms with Crippen molar-refractivity contribution in [3.63, 3.8) is 0 Å². The third kappa shape index (κ3) is 4.04. The van der Waals surface area contributed by atoms with Gasteiger partial charge < -0.3 is 5.32 Å². The molecule has 2 rings (SSSR count). The summed E-state index contributed by atoms with van der Waals surface area (Å²) in [5.74, 6) is 0.501. The zero-order chi connectivity index (χ0) is 17.0. The van der Waals surface area contributed by atoms with E-state index in [1.54, 1.807) is 28.4 Å². The average Bonchev–Trinajstić information content (AvgIpc) is 3.09. The molecule has 2 aromatic heterocycles. The SMILES string of the molecule is CCCn1c(S[C@@H](C)C(=O)Nc2ccnn2C(C)C)n[nH]c1=O. The zero-order valence-corrected chi connectivity index (χ0v) is 14.6. The minimum absolute atomic E-state index is 0.157. The van der Waals surface area contributed by atoms with E-state index >= 15 is 0 Å². The van der Waals surface area contributed by atoms with Crippen LogP contribution in [-0.2, 0) is 11.3 Å². The van der Waals surface area contributed by atoms with Gasteiger partial charge in [-0.05, 0) is 27.2 Å². The van der Waals surface area contributed by atoms with Crippen molar-refractivity contribution < 1.29 is 4.79 Å². The number of amides is 1. The van der Waals surface area contributed by atoms with Crippen molar-refractivity contribution in [2.24, 2.45) is 0 Å². The van der Waals surface area contributed by atoms with Crippen LogP contribution in [0.2, 0.25) is 0 Å². The maximum atomic E-state index is 12.4. The molecule has 23 heavy (non-hydrogen) atoms. The number of carbonyl (C=O) groups excluding carboxylic acids is 1. The summed E-state index contributed by atoms with van der Waals surface area (Å²) in [7, 11) is 0. The molecule has 0 aliphatic heterocycles. The molecule has 8 nitrogen and oxygen atoms in total. The van der Waals surface area contributed by atoms with Crippen molar-refractivity contribution >= 4 is 23.5 Å². The highest BCUT2D eigenvalue weighted by Crippen LogP contribution is 2.22. The third-order valence-electron chi connectivity index (χ3n) is 3.23. The van der Waals surface area contributed by atoms with E-state index in [1.165, 1.54) is 11.8 Å². The molecule has 1 amide bonds. The van der Waals surface area contributed by atoms with Crippen molar-refractivity contribution in [2.45, 2.75) is 57.1 Å². The standard InChI is InChI=1S/C14H22N6O2S/c1-5-8-19-13(22)17-18-14(19)23-10(4)12(21)16-11-6-7-15-20(11)9(2)3/h6-7,9-10H,5,8H2,1-4H3,(H,16,21)(H,17,22)/t10-/m0/s1. The topological polar surface area (TPSA) is 97.6 Å². The van der Waals surface area contributed by atoms with Crippen LogP contribution >= 0.6 is 11.8 Å². The molecule has 0 aliphatic rings. The molecule has 0 aromatic carbocycles. The number of anilines is 1. The van der Waals surface area contributed by atoms with E-state index < -0.39 is 5.25 Å². The number of rotatable bonds is 7. The van der Waals surface area contributed by atoms with E-state index in [4.69, 9.17) is 0 Å². The molecule has 0 bridgehead atoms. The number of hydrogen-bond donors (Lipinski definition) is 2. The van der Waals surface area contributed by atoms with Crippen LogP contribution in [0.25, 0.3) is 0 Å². The van der Waals surface area contributed by atoms with Crippen LogP contribution < -0.4 is 11.0 Å². The number of aromatic nitrogens is 5. The number of carbonyl (C=O) groups is 1. The van der Waals surface area contributed by atoms with Crippen LogP contribution in [0.4, 0.5) is 5.82 Å². The van der Waals surface area contributed by atoms with Crippen LogP contribution in [0, 0.1) is 0 Å². The first-order chi connectivity index (χ1) is 10.9. The van der Waals surface area contributed by atoms with Crippen molar-refractivity contribution in [1.29, 1.82) is 0 Å². The highest BCUT2D eigenvalue weighted by atomic mass is 32.2. The van der Waals surface area contributed by atoms with E-state index in [-0.39, 0.29) is 17.6 Å². The fourth-order valence-electron chi connectivity index (χ4n) is 2.08. The van der Waals surface area contributed by atoms with E-state index in [1.807, 2.05) is 20.8 Å². The highest BCUT2D eigenvalue weighted by molar-refractivity contribution is 8.00. The fraction of sp³-hybridized carbons (Fsp3) is 0.571. The second-order valence-electron chi connectivity index (χ2n) is 5.47. The summed E-state index contributed by atoms with van der Waals surface area (Å²) in [5.41, 5.74) is -0.250. The van der Waals surface area contributed by atoms with Crippen molar-refractivity contribution in [2.75, 3.05) is 5.32 Å². The lowest BCUT2D eigenvalue weighted by Crippen LogP contribution is -2.25. The van der Waals surface area contributed by atoms with Gasteiger partial charge in [0.1, 0.15) is 5.82 Å². The predicted octanol–water partition coefficient (Wildman–Crippen LogP) is 1.88. The third-order valence-corrected chi connectivity index (χ3v) is 4.32. The second-order valence-corrected chi connectivity index (χ2v) is 6.78. The first-order valence-electron chi connectivity index (χ1n) is 7.60. The molecule has 0 aliphatic carbocycles. The van der Waals surface area contributed by atoms with Crippen LogP contribution in [0.15, 0.2) is 22.2 Å². The van der Waals surface area contributed by atoms with Gasteiger partial charge in [0.15, 0.2) is 5.16 Å². The molecule has 2 N–H and O–H groups in total. The Hall–Kier alpha value is -2.03. The average molecular weight is 338 g/mol. The maximum absolute atomic E-state index is 12.4. The first-order valence-corrected chi connectivity index (χ1v) is 8.48. The Morgan fingerprint density at radius 2 is 2.17 bits per heavy atom. The summed E-state index contributed by atoms with van der Waals surface area (Å²) < 4.78 is 3.30. The Morgan fingerprint density at radius 1 is 1.43 bits per heavy atom. The molecule has 0 fully saturated rings. The summed E-state index contributed by atoms with van der Waals surface area (Å²) in [6.07, 6.45) is 2.47. The van der Waals surface area contributed by atoms with Crippen molar-refractivity contribution in [3.05, 3.63) is 22.7 Å². The van der Waals surface area contributed by atoms with Gasteiger partial charge in [-0.1, -0.05) is 18.7 Å².